The number of thioether (sulfide) groups is 1. The summed E-state index contributed by atoms with van der Waals surface area (Å²) in [5.41, 5.74) is 7.87. The van der Waals surface area contributed by atoms with Crippen molar-refractivity contribution < 1.29 is 5.11 Å². The highest BCUT2D eigenvalue weighted by Gasteiger charge is 2.14. The summed E-state index contributed by atoms with van der Waals surface area (Å²) in [6.07, 6.45) is -0.487. The fourth-order valence-electron chi connectivity index (χ4n) is 2.91. The molecule has 0 unspecified atom stereocenters. The molecule has 4 aromatic rings. The molecule has 0 fully saturated rings. The Morgan fingerprint density at radius 3 is 2.25 bits per heavy atom. The van der Waals surface area contributed by atoms with E-state index in [2.05, 4.69) is 39.0 Å². The van der Waals surface area contributed by atoms with Crippen molar-refractivity contribution in [2.75, 3.05) is 11.5 Å². The SMILES string of the molecule is Nc1nnc(SC[C@H](O)Cn2c3ccccc3c3ccccc32)s1. The van der Waals surface area contributed by atoms with Crippen LogP contribution in [0.15, 0.2) is 52.9 Å². The molecule has 2 aromatic carbocycles. The topological polar surface area (TPSA) is 77.0 Å². The Labute approximate surface area is 147 Å². The van der Waals surface area contributed by atoms with Gasteiger partial charge in [-0.2, -0.15) is 0 Å². The van der Waals surface area contributed by atoms with Crippen LogP contribution in [-0.2, 0) is 6.54 Å². The van der Waals surface area contributed by atoms with E-state index in [-0.39, 0.29) is 0 Å². The third-order valence-electron chi connectivity index (χ3n) is 3.89. The molecule has 0 saturated carbocycles. The molecule has 0 aliphatic carbocycles. The van der Waals surface area contributed by atoms with E-state index in [0.29, 0.717) is 17.4 Å². The molecular formula is C17H16N4OS2. The molecule has 0 bridgehead atoms. The minimum absolute atomic E-state index is 0.453. The summed E-state index contributed by atoms with van der Waals surface area (Å²) in [4.78, 5) is 0. The zero-order valence-electron chi connectivity index (χ0n) is 12.8. The van der Waals surface area contributed by atoms with E-state index in [1.807, 2.05) is 24.3 Å². The second-order valence-corrected chi connectivity index (χ2v) is 7.79. The molecule has 122 valence electrons. The van der Waals surface area contributed by atoms with Gasteiger partial charge in [0.2, 0.25) is 5.13 Å². The number of para-hydroxylation sites is 2. The number of nitrogens with zero attached hydrogens (tertiary/aromatic N) is 3. The zero-order valence-corrected chi connectivity index (χ0v) is 14.4. The van der Waals surface area contributed by atoms with Gasteiger partial charge in [0.25, 0.3) is 0 Å². The van der Waals surface area contributed by atoms with Gasteiger partial charge < -0.3 is 15.4 Å². The Kier molecular flexibility index (Phi) is 4.13. The lowest BCUT2D eigenvalue weighted by Gasteiger charge is -2.13. The highest BCUT2D eigenvalue weighted by molar-refractivity contribution is 8.01. The second kappa shape index (κ2) is 6.43. The first-order valence-electron chi connectivity index (χ1n) is 7.58. The van der Waals surface area contributed by atoms with Crippen molar-refractivity contribution in [1.82, 2.24) is 14.8 Å². The molecule has 0 aliphatic heterocycles. The van der Waals surface area contributed by atoms with Crippen LogP contribution in [0.1, 0.15) is 0 Å². The summed E-state index contributed by atoms with van der Waals surface area (Å²) >= 11 is 2.83. The summed E-state index contributed by atoms with van der Waals surface area (Å²) in [7, 11) is 0. The zero-order chi connectivity index (χ0) is 16.5. The van der Waals surface area contributed by atoms with Gasteiger partial charge in [-0.25, -0.2) is 0 Å². The van der Waals surface area contributed by atoms with Gasteiger partial charge in [0, 0.05) is 27.6 Å². The molecule has 2 heterocycles. The molecular weight excluding hydrogens is 340 g/mol. The maximum Gasteiger partial charge on any atom is 0.203 e. The molecule has 7 heteroatoms. The number of hydrogen-bond acceptors (Lipinski definition) is 6. The molecule has 24 heavy (non-hydrogen) atoms. The lowest BCUT2D eigenvalue weighted by molar-refractivity contribution is 0.181. The third kappa shape index (κ3) is 2.86. The van der Waals surface area contributed by atoms with E-state index in [4.69, 9.17) is 5.73 Å². The number of rotatable bonds is 5. The van der Waals surface area contributed by atoms with Crippen molar-refractivity contribution in [2.24, 2.45) is 0 Å². The van der Waals surface area contributed by atoms with Crippen LogP contribution in [0, 0.1) is 0 Å². The smallest absolute Gasteiger partial charge is 0.203 e. The Bertz CT molecular complexity index is 941. The van der Waals surface area contributed by atoms with Crippen molar-refractivity contribution in [3.8, 4) is 0 Å². The van der Waals surface area contributed by atoms with Gasteiger partial charge in [-0.15, -0.1) is 10.2 Å². The number of benzene rings is 2. The minimum Gasteiger partial charge on any atom is -0.390 e. The van der Waals surface area contributed by atoms with E-state index >= 15 is 0 Å². The van der Waals surface area contributed by atoms with Gasteiger partial charge in [-0.05, 0) is 12.1 Å². The number of hydrogen-bond donors (Lipinski definition) is 2. The Balaban J connectivity index is 1.61. The van der Waals surface area contributed by atoms with Crippen molar-refractivity contribution in [1.29, 1.82) is 0 Å². The van der Waals surface area contributed by atoms with Gasteiger partial charge >= 0.3 is 0 Å². The fraction of sp³-hybridized carbons (Fsp3) is 0.176. The van der Waals surface area contributed by atoms with E-state index in [0.717, 1.165) is 15.4 Å². The lowest BCUT2D eigenvalue weighted by Crippen LogP contribution is -2.18. The van der Waals surface area contributed by atoms with Gasteiger partial charge in [-0.1, -0.05) is 59.5 Å². The number of nitrogens with two attached hydrogens (primary N) is 1. The summed E-state index contributed by atoms with van der Waals surface area (Å²) in [6, 6.07) is 16.6. The van der Waals surface area contributed by atoms with Crippen molar-refractivity contribution in [3.63, 3.8) is 0 Å². The quantitative estimate of drug-likeness (QED) is 0.536. The number of anilines is 1. The average molecular weight is 356 g/mol. The number of aliphatic hydroxyl groups excluding tert-OH is 1. The first-order valence-corrected chi connectivity index (χ1v) is 9.38. The fourth-order valence-corrected chi connectivity index (χ4v) is 4.49. The van der Waals surface area contributed by atoms with E-state index < -0.39 is 6.10 Å². The Hall–Kier alpha value is -2.09. The summed E-state index contributed by atoms with van der Waals surface area (Å²) in [5, 5.41) is 21.1. The molecule has 5 nitrogen and oxygen atoms in total. The van der Waals surface area contributed by atoms with Crippen molar-refractivity contribution in [2.45, 2.75) is 17.0 Å². The average Bonchev–Trinajstić information content (AvgIpc) is 3.16. The van der Waals surface area contributed by atoms with Crippen LogP contribution in [0.2, 0.25) is 0 Å². The van der Waals surface area contributed by atoms with Gasteiger partial charge in [0.15, 0.2) is 4.34 Å². The number of aromatic nitrogens is 3. The van der Waals surface area contributed by atoms with E-state index in [9.17, 15) is 5.11 Å². The summed E-state index contributed by atoms with van der Waals surface area (Å²) < 4.78 is 2.97. The number of nitrogen functional groups attached to an aromatic ring is 1. The largest absolute Gasteiger partial charge is 0.390 e. The third-order valence-corrected chi connectivity index (χ3v) is 5.93. The molecule has 0 saturated heterocycles. The van der Waals surface area contributed by atoms with Crippen LogP contribution < -0.4 is 5.73 Å². The van der Waals surface area contributed by atoms with Crippen LogP contribution in [0.4, 0.5) is 5.13 Å². The van der Waals surface area contributed by atoms with Crippen LogP contribution in [0.3, 0.4) is 0 Å². The standard InChI is InChI=1S/C17H16N4OS2/c18-16-19-20-17(24-16)23-10-11(22)9-21-14-7-3-1-5-12(14)13-6-2-4-8-15(13)21/h1-8,11,22H,9-10H2,(H2,18,19)/t11-/m1/s1. The van der Waals surface area contributed by atoms with Gasteiger partial charge in [0.05, 0.1) is 12.6 Å². The molecule has 0 amide bonds. The predicted octanol–water partition coefficient (Wildman–Crippen LogP) is 3.38. The van der Waals surface area contributed by atoms with Gasteiger partial charge in [-0.3, -0.25) is 0 Å². The van der Waals surface area contributed by atoms with Crippen LogP contribution in [-0.4, -0.2) is 31.7 Å². The molecule has 3 N–H and O–H groups in total. The highest BCUT2D eigenvalue weighted by Crippen LogP contribution is 2.30. The first-order chi connectivity index (χ1) is 11.7. The molecule has 0 radical (unpaired) electrons. The number of aliphatic hydroxyl groups is 1. The number of fused-ring (bicyclic) bond motifs is 3. The molecule has 1 atom stereocenters. The summed E-state index contributed by atoms with van der Waals surface area (Å²) in [5.74, 6) is 0.551. The molecule has 0 aliphatic rings. The molecule has 0 spiro atoms. The molecule has 4 rings (SSSR count). The van der Waals surface area contributed by atoms with Crippen LogP contribution in [0.5, 0.6) is 0 Å². The van der Waals surface area contributed by atoms with Crippen LogP contribution in [0.25, 0.3) is 21.8 Å². The second-order valence-electron chi connectivity index (χ2n) is 5.52. The lowest BCUT2D eigenvalue weighted by atomic mass is 10.2. The van der Waals surface area contributed by atoms with Crippen molar-refractivity contribution in [3.05, 3.63) is 48.5 Å². The van der Waals surface area contributed by atoms with Crippen LogP contribution >= 0.6 is 23.1 Å². The Morgan fingerprint density at radius 2 is 1.67 bits per heavy atom. The van der Waals surface area contributed by atoms with E-state index in [1.54, 1.807) is 0 Å². The first kappa shape index (κ1) is 15.4. The minimum atomic E-state index is -0.487. The predicted molar refractivity (Wildman–Crippen MR) is 100 cm³/mol. The highest BCUT2D eigenvalue weighted by atomic mass is 32.2. The summed E-state index contributed by atoms with van der Waals surface area (Å²) in [6.45, 7) is 0.537. The Morgan fingerprint density at radius 1 is 1.04 bits per heavy atom. The van der Waals surface area contributed by atoms with E-state index in [1.165, 1.54) is 33.9 Å². The maximum absolute atomic E-state index is 10.5. The monoisotopic (exact) mass is 356 g/mol. The maximum atomic E-state index is 10.5. The molecule has 2 aromatic heterocycles. The van der Waals surface area contributed by atoms with Gasteiger partial charge in [0.1, 0.15) is 0 Å². The normalized spacial score (nSPS) is 12.9. The van der Waals surface area contributed by atoms with Crippen molar-refractivity contribution >= 4 is 50.0 Å².